The Balaban J connectivity index is 1.74. The third-order valence-electron chi connectivity index (χ3n) is 4.56. The van der Waals surface area contributed by atoms with E-state index in [1.165, 1.54) is 63.5 Å². The predicted molar refractivity (Wildman–Crippen MR) is 107 cm³/mol. The van der Waals surface area contributed by atoms with Crippen LogP contribution in [-0.4, -0.2) is 11.4 Å². The van der Waals surface area contributed by atoms with Gasteiger partial charge in [-0.05, 0) is 24.6 Å². The Kier molecular flexibility index (Phi) is 9.18. The second kappa shape index (κ2) is 11.9. The van der Waals surface area contributed by atoms with E-state index < -0.39 is 0 Å². The van der Waals surface area contributed by atoms with E-state index in [9.17, 15) is 9.90 Å². The number of pyridine rings is 1. The van der Waals surface area contributed by atoms with Crippen LogP contribution in [0.2, 0.25) is 0 Å². The molecule has 144 valence electrons. The molecule has 0 aliphatic heterocycles. The van der Waals surface area contributed by atoms with Gasteiger partial charge in [-0.2, -0.15) is 10.2 Å². The average Bonchev–Trinajstić information content (AvgIpc) is 2.70. The van der Waals surface area contributed by atoms with Gasteiger partial charge in [0.25, 0.3) is 0 Å². The highest BCUT2D eigenvalue weighted by Crippen LogP contribution is 2.23. The maximum atomic E-state index is 10.8. The van der Waals surface area contributed by atoms with Crippen molar-refractivity contribution in [2.45, 2.75) is 64.8 Å². The lowest BCUT2D eigenvalue weighted by Gasteiger charge is -2.00. The fourth-order valence-electron chi connectivity index (χ4n) is 2.91. The summed E-state index contributed by atoms with van der Waals surface area (Å²) in [7, 11) is 0. The first-order valence-electron chi connectivity index (χ1n) is 9.92. The van der Waals surface area contributed by atoms with Crippen molar-refractivity contribution < 1.29 is 14.5 Å². The van der Waals surface area contributed by atoms with Crippen molar-refractivity contribution in [3.05, 3.63) is 48.3 Å². The molecule has 0 aliphatic rings. The van der Waals surface area contributed by atoms with Gasteiger partial charge in [0.05, 0.1) is 16.9 Å². The van der Waals surface area contributed by atoms with Crippen LogP contribution in [0.1, 0.15) is 68.6 Å². The number of aldehydes is 1. The van der Waals surface area contributed by atoms with Crippen molar-refractivity contribution in [1.29, 1.82) is 0 Å². The molecule has 0 bridgehead atoms. The lowest BCUT2D eigenvalue weighted by molar-refractivity contribution is -0.697. The largest absolute Gasteiger partial charge is 0.507 e. The summed E-state index contributed by atoms with van der Waals surface area (Å²) < 4.78 is 2.17. The molecule has 2 aromatic rings. The number of aromatic hydroxyl groups is 1. The summed E-state index contributed by atoms with van der Waals surface area (Å²) in [6.45, 7) is 3.27. The molecule has 0 saturated heterocycles. The number of nitrogens with zero attached hydrogens (tertiary/aromatic N) is 3. The van der Waals surface area contributed by atoms with E-state index in [0.29, 0.717) is 12.0 Å². The summed E-state index contributed by atoms with van der Waals surface area (Å²) in [4.78, 5) is 10.8. The molecule has 1 N–H and O–H groups in total. The Bertz CT molecular complexity index is 727. The van der Waals surface area contributed by atoms with Gasteiger partial charge in [0.1, 0.15) is 12.3 Å². The molecule has 0 saturated carbocycles. The van der Waals surface area contributed by atoms with Crippen molar-refractivity contribution >= 4 is 17.7 Å². The van der Waals surface area contributed by atoms with Gasteiger partial charge in [0.2, 0.25) is 0 Å². The highest BCUT2D eigenvalue weighted by molar-refractivity contribution is 5.80. The Morgan fingerprint density at radius 3 is 2.19 bits per heavy atom. The first-order valence-corrected chi connectivity index (χ1v) is 9.92. The Labute approximate surface area is 161 Å². The molecule has 0 amide bonds. The summed E-state index contributed by atoms with van der Waals surface area (Å²) >= 11 is 0. The smallest absolute Gasteiger partial charge is 0.171 e. The minimum atomic E-state index is -0.0503. The van der Waals surface area contributed by atoms with Crippen molar-refractivity contribution in [1.82, 2.24) is 0 Å². The maximum absolute atomic E-state index is 10.8. The van der Waals surface area contributed by atoms with E-state index in [1.807, 2.05) is 24.5 Å². The molecular formula is C22H30N3O2+. The first-order chi connectivity index (χ1) is 13.2. The summed E-state index contributed by atoms with van der Waals surface area (Å²) in [6, 6.07) is 8.43. The fraction of sp³-hybridized carbons (Fsp3) is 0.455. The molecule has 0 spiro atoms. The third kappa shape index (κ3) is 7.69. The van der Waals surface area contributed by atoms with E-state index in [4.69, 9.17) is 0 Å². The van der Waals surface area contributed by atoms with Crippen molar-refractivity contribution in [3.8, 4) is 5.75 Å². The molecule has 0 fully saturated rings. The zero-order valence-corrected chi connectivity index (χ0v) is 16.2. The Hall–Kier alpha value is -2.56. The molecular weight excluding hydrogens is 338 g/mol. The van der Waals surface area contributed by atoms with Gasteiger partial charge < -0.3 is 5.11 Å². The first kappa shape index (κ1) is 20.7. The van der Waals surface area contributed by atoms with Crippen LogP contribution in [0.25, 0.3) is 0 Å². The maximum Gasteiger partial charge on any atom is 0.171 e. The topological polar surface area (TPSA) is 65.9 Å². The molecule has 5 nitrogen and oxygen atoms in total. The van der Waals surface area contributed by atoms with Crippen LogP contribution >= 0.6 is 0 Å². The number of phenolic OH excluding ortho intramolecular Hbond substituents is 1. The van der Waals surface area contributed by atoms with Gasteiger partial charge in [-0.3, -0.25) is 4.79 Å². The number of aromatic nitrogens is 1. The number of hydrogen-bond donors (Lipinski definition) is 1. The van der Waals surface area contributed by atoms with Crippen molar-refractivity contribution in [3.63, 3.8) is 0 Å². The highest BCUT2D eigenvalue weighted by atomic mass is 16.3. The van der Waals surface area contributed by atoms with Crippen LogP contribution in [0.4, 0.5) is 11.4 Å². The number of carbonyl (C=O) groups excluding carboxylic acids is 1. The van der Waals surface area contributed by atoms with Crippen LogP contribution in [0.5, 0.6) is 5.75 Å². The average molecular weight is 369 g/mol. The highest BCUT2D eigenvalue weighted by Gasteiger charge is 2.03. The van der Waals surface area contributed by atoms with Crippen LogP contribution < -0.4 is 4.57 Å². The Morgan fingerprint density at radius 1 is 0.889 bits per heavy atom. The number of azo groups is 1. The molecule has 0 radical (unpaired) electrons. The lowest BCUT2D eigenvalue weighted by atomic mass is 10.1. The number of benzene rings is 1. The molecule has 5 heteroatoms. The molecule has 27 heavy (non-hydrogen) atoms. The molecule has 0 atom stereocenters. The summed E-state index contributed by atoms with van der Waals surface area (Å²) in [5.74, 6) is -0.0503. The van der Waals surface area contributed by atoms with E-state index in [2.05, 4.69) is 21.7 Å². The molecule has 1 aromatic heterocycles. The van der Waals surface area contributed by atoms with Crippen molar-refractivity contribution in [2.24, 2.45) is 10.2 Å². The van der Waals surface area contributed by atoms with Crippen LogP contribution in [-0.2, 0) is 6.54 Å². The van der Waals surface area contributed by atoms with E-state index >= 15 is 0 Å². The molecule has 0 unspecified atom stereocenters. The molecule has 2 rings (SSSR count). The minimum Gasteiger partial charge on any atom is -0.507 e. The number of phenols is 1. The minimum absolute atomic E-state index is 0.0503. The third-order valence-corrected chi connectivity index (χ3v) is 4.56. The molecule has 0 aliphatic carbocycles. The summed E-state index contributed by atoms with van der Waals surface area (Å²) in [5.41, 5.74) is 1.50. The van der Waals surface area contributed by atoms with E-state index in [-0.39, 0.29) is 11.3 Å². The van der Waals surface area contributed by atoms with E-state index in [1.54, 1.807) is 6.07 Å². The van der Waals surface area contributed by atoms with Crippen LogP contribution in [0.15, 0.2) is 53.0 Å². The monoisotopic (exact) mass is 368 g/mol. The second-order valence-electron chi connectivity index (χ2n) is 6.83. The van der Waals surface area contributed by atoms with Crippen LogP contribution in [0, 0.1) is 0 Å². The number of aryl methyl sites for hydroxylation is 1. The second-order valence-corrected chi connectivity index (χ2v) is 6.83. The van der Waals surface area contributed by atoms with E-state index in [0.717, 1.165) is 12.2 Å². The van der Waals surface area contributed by atoms with Crippen molar-refractivity contribution in [2.75, 3.05) is 0 Å². The standard InChI is InChI=1S/C22H29N3O2/c1-2-3-4-5-6-7-8-9-14-25-15-12-20(13-16-25)23-24-21-10-11-22(27)19(17-21)18-26/h10-13,15-18H,2-9,14H2,1H3/p+1. The summed E-state index contributed by atoms with van der Waals surface area (Å²) in [5, 5.41) is 17.8. The lowest BCUT2D eigenvalue weighted by Crippen LogP contribution is -2.32. The normalized spacial score (nSPS) is 11.1. The number of rotatable bonds is 12. The summed E-state index contributed by atoms with van der Waals surface area (Å²) in [6.07, 6.45) is 15.2. The Morgan fingerprint density at radius 2 is 1.52 bits per heavy atom. The number of carbonyl (C=O) groups is 1. The van der Waals surface area contributed by atoms with Crippen LogP contribution in [0.3, 0.4) is 0 Å². The van der Waals surface area contributed by atoms with Gasteiger partial charge in [-0.1, -0.05) is 45.4 Å². The fourth-order valence-corrected chi connectivity index (χ4v) is 2.91. The van der Waals surface area contributed by atoms with Gasteiger partial charge in [0.15, 0.2) is 18.7 Å². The van der Waals surface area contributed by atoms with Gasteiger partial charge in [0, 0.05) is 18.6 Å². The zero-order chi connectivity index (χ0) is 19.3. The number of unbranched alkanes of at least 4 members (excludes halogenated alkanes) is 7. The molecule has 1 heterocycles. The van der Waals surface area contributed by atoms with Gasteiger partial charge in [-0.25, -0.2) is 4.57 Å². The SMILES string of the molecule is CCCCCCCCCC[n+]1ccc(N=Nc2ccc(O)c(C=O)c2)cc1. The molecule has 1 aromatic carbocycles. The van der Waals surface area contributed by atoms with Gasteiger partial charge >= 0.3 is 0 Å². The quantitative estimate of drug-likeness (QED) is 0.214. The van der Waals surface area contributed by atoms with Gasteiger partial charge in [-0.15, -0.1) is 0 Å². The predicted octanol–water partition coefficient (Wildman–Crippen LogP) is 6.05. The zero-order valence-electron chi connectivity index (χ0n) is 16.2. The number of hydrogen-bond acceptors (Lipinski definition) is 4.